The van der Waals surface area contributed by atoms with Crippen LogP contribution in [0.2, 0.25) is 0 Å². The topological polar surface area (TPSA) is 79.5 Å². The number of hydrogen-bond donors (Lipinski definition) is 2. The van der Waals surface area contributed by atoms with Gasteiger partial charge in [-0.1, -0.05) is 6.07 Å². The fraction of sp³-hybridized carbons (Fsp3) is 0.200. The van der Waals surface area contributed by atoms with Crippen LogP contribution in [0.5, 0.6) is 0 Å². The minimum absolute atomic E-state index is 0.182. The zero-order valence-electron chi connectivity index (χ0n) is 8.79. The number of nitrogens with one attached hydrogen (secondary N) is 1. The van der Waals surface area contributed by atoms with Crippen LogP contribution in [0.4, 0.5) is 0 Å². The lowest BCUT2D eigenvalue weighted by Gasteiger charge is -2.02. The van der Waals surface area contributed by atoms with Gasteiger partial charge in [0.15, 0.2) is 0 Å². The summed E-state index contributed by atoms with van der Waals surface area (Å²) in [5, 5.41) is 10.5. The lowest BCUT2D eigenvalue weighted by Crippen LogP contribution is -2.22. The first-order valence-electron chi connectivity index (χ1n) is 4.83. The number of thiophene rings is 1. The molecule has 0 amide bonds. The van der Waals surface area contributed by atoms with Crippen LogP contribution < -0.4 is 4.72 Å². The SMILES string of the molecule is O=S(=O)(NCc1cccs1)c1ccc(CO)o1. The van der Waals surface area contributed by atoms with E-state index in [-0.39, 0.29) is 24.0 Å². The predicted molar refractivity (Wildman–Crippen MR) is 63.0 cm³/mol. The number of aliphatic hydroxyl groups excluding tert-OH is 1. The first-order valence-corrected chi connectivity index (χ1v) is 7.20. The van der Waals surface area contributed by atoms with E-state index in [4.69, 9.17) is 9.52 Å². The highest BCUT2D eigenvalue weighted by molar-refractivity contribution is 7.89. The van der Waals surface area contributed by atoms with Gasteiger partial charge in [-0.2, -0.15) is 0 Å². The quantitative estimate of drug-likeness (QED) is 0.861. The highest BCUT2D eigenvalue weighted by atomic mass is 32.2. The second-order valence-electron chi connectivity index (χ2n) is 3.28. The minimum atomic E-state index is -3.65. The Morgan fingerprint density at radius 3 is 2.76 bits per heavy atom. The van der Waals surface area contributed by atoms with Crippen LogP contribution in [0.25, 0.3) is 0 Å². The van der Waals surface area contributed by atoms with Gasteiger partial charge in [-0.3, -0.25) is 0 Å². The fourth-order valence-electron chi connectivity index (χ4n) is 1.24. The standard InChI is InChI=1S/C10H11NO4S2/c12-7-8-3-4-10(15-8)17(13,14)11-6-9-2-1-5-16-9/h1-5,11-12H,6-7H2. The van der Waals surface area contributed by atoms with E-state index in [0.717, 1.165) is 4.88 Å². The molecule has 2 aromatic heterocycles. The molecule has 0 atom stereocenters. The summed E-state index contributed by atoms with van der Waals surface area (Å²) < 4.78 is 30.9. The highest BCUT2D eigenvalue weighted by Gasteiger charge is 2.18. The van der Waals surface area contributed by atoms with E-state index >= 15 is 0 Å². The summed E-state index contributed by atoms with van der Waals surface area (Å²) in [4.78, 5) is 0.919. The van der Waals surface area contributed by atoms with Crippen molar-refractivity contribution >= 4 is 21.4 Å². The second kappa shape index (κ2) is 5.01. The van der Waals surface area contributed by atoms with Gasteiger partial charge >= 0.3 is 0 Å². The van der Waals surface area contributed by atoms with Crippen LogP contribution in [0.1, 0.15) is 10.6 Å². The van der Waals surface area contributed by atoms with Gasteiger partial charge in [0, 0.05) is 11.4 Å². The van der Waals surface area contributed by atoms with Gasteiger partial charge in [0.1, 0.15) is 12.4 Å². The van der Waals surface area contributed by atoms with Crippen molar-refractivity contribution in [2.75, 3.05) is 0 Å². The monoisotopic (exact) mass is 273 g/mol. The Balaban J connectivity index is 2.08. The summed E-state index contributed by atoms with van der Waals surface area (Å²) in [5.74, 6) is 0.224. The van der Waals surface area contributed by atoms with Gasteiger partial charge in [0.2, 0.25) is 5.09 Å². The van der Waals surface area contributed by atoms with Crippen LogP contribution in [0.15, 0.2) is 39.2 Å². The number of sulfonamides is 1. The third-order valence-corrected chi connectivity index (χ3v) is 4.22. The molecule has 2 aromatic rings. The number of rotatable bonds is 5. The number of aliphatic hydroxyl groups is 1. The molecule has 2 heterocycles. The number of hydrogen-bond acceptors (Lipinski definition) is 5. The Morgan fingerprint density at radius 1 is 1.35 bits per heavy atom. The van der Waals surface area contributed by atoms with Gasteiger partial charge in [-0.15, -0.1) is 11.3 Å². The molecular formula is C10H11NO4S2. The van der Waals surface area contributed by atoms with Gasteiger partial charge in [0.05, 0.1) is 0 Å². The van der Waals surface area contributed by atoms with Crippen LogP contribution >= 0.6 is 11.3 Å². The molecular weight excluding hydrogens is 262 g/mol. The zero-order valence-corrected chi connectivity index (χ0v) is 10.4. The molecule has 17 heavy (non-hydrogen) atoms. The smallest absolute Gasteiger partial charge is 0.274 e. The molecule has 0 aliphatic rings. The maximum atomic E-state index is 11.8. The van der Waals surface area contributed by atoms with E-state index in [1.807, 2.05) is 17.5 Å². The second-order valence-corrected chi connectivity index (χ2v) is 6.01. The molecule has 0 aliphatic heterocycles. The maximum absolute atomic E-state index is 11.8. The molecule has 0 saturated heterocycles. The van der Waals surface area contributed by atoms with E-state index in [9.17, 15) is 8.42 Å². The molecule has 0 spiro atoms. The fourth-order valence-corrected chi connectivity index (χ4v) is 2.93. The van der Waals surface area contributed by atoms with Crippen LogP contribution in [-0.4, -0.2) is 13.5 Å². The average molecular weight is 273 g/mol. The molecule has 0 aromatic carbocycles. The molecule has 0 radical (unpaired) electrons. The largest absolute Gasteiger partial charge is 0.446 e. The highest BCUT2D eigenvalue weighted by Crippen LogP contribution is 2.15. The van der Waals surface area contributed by atoms with Crippen molar-refractivity contribution in [3.63, 3.8) is 0 Å². The van der Waals surface area contributed by atoms with Crippen molar-refractivity contribution in [1.29, 1.82) is 0 Å². The Hall–Kier alpha value is -1.15. The zero-order chi connectivity index (χ0) is 12.3. The van der Waals surface area contributed by atoms with Crippen LogP contribution in [0, 0.1) is 0 Å². The van der Waals surface area contributed by atoms with Crippen molar-refractivity contribution in [3.05, 3.63) is 40.3 Å². The van der Waals surface area contributed by atoms with Gasteiger partial charge in [0.25, 0.3) is 10.0 Å². The molecule has 2 N–H and O–H groups in total. The number of furan rings is 1. The first kappa shape index (κ1) is 12.3. The summed E-state index contributed by atoms with van der Waals surface area (Å²) in [7, 11) is -3.65. The Morgan fingerprint density at radius 2 is 2.18 bits per heavy atom. The third kappa shape index (κ3) is 2.95. The van der Waals surface area contributed by atoms with E-state index < -0.39 is 10.0 Å². The van der Waals surface area contributed by atoms with E-state index in [1.165, 1.54) is 23.5 Å². The average Bonchev–Trinajstić information content (AvgIpc) is 2.98. The summed E-state index contributed by atoms with van der Waals surface area (Å²) in [6, 6.07) is 6.45. The molecule has 0 unspecified atom stereocenters. The molecule has 0 bridgehead atoms. The molecule has 5 nitrogen and oxygen atoms in total. The normalized spacial score (nSPS) is 11.8. The predicted octanol–water partition coefficient (Wildman–Crippen LogP) is 1.31. The Kier molecular flexibility index (Phi) is 3.63. The summed E-state index contributed by atoms with van der Waals surface area (Å²) in [6.45, 7) is -0.0877. The van der Waals surface area contributed by atoms with Crippen molar-refractivity contribution in [1.82, 2.24) is 4.72 Å². The van der Waals surface area contributed by atoms with E-state index in [2.05, 4.69) is 4.72 Å². The van der Waals surface area contributed by atoms with Crippen molar-refractivity contribution in [2.45, 2.75) is 18.2 Å². The summed E-state index contributed by atoms with van der Waals surface area (Å²) >= 11 is 1.47. The molecule has 7 heteroatoms. The minimum Gasteiger partial charge on any atom is -0.446 e. The lowest BCUT2D eigenvalue weighted by molar-refractivity contribution is 0.236. The van der Waals surface area contributed by atoms with Crippen molar-refractivity contribution in [3.8, 4) is 0 Å². The summed E-state index contributed by atoms with van der Waals surface area (Å²) in [5.41, 5.74) is 0. The van der Waals surface area contributed by atoms with Crippen LogP contribution in [0.3, 0.4) is 0 Å². The maximum Gasteiger partial charge on any atom is 0.274 e. The molecule has 0 aliphatic carbocycles. The molecule has 0 saturated carbocycles. The lowest BCUT2D eigenvalue weighted by atomic mass is 10.5. The third-order valence-electron chi connectivity index (χ3n) is 2.07. The van der Waals surface area contributed by atoms with Gasteiger partial charge in [-0.05, 0) is 23.6 Å². The van der Waals surface area contributed by atoms with Crippen molar-refractivity contribution in [2.24, 2.45) is 0 Å². The van der Waals surface area contributed by atoms with E-state index in [1.54, 1.807) is 0 Å². The van der Waals surface area contributed by atoms with Gasteiger partial charge < -0.3 is 9.52 Å². The van der Waals surface area contributed by atoms with Crippen LogP contribution in [-0.2, 0) is 23.2 Å². The van der Waals surface area contributed by atoms with Gasteiger partial charge in [-0.25, -0.2) is 13.1 Å². The van der Waals surface area contributed by atoms with E-state index in [0.29, 0.717) is 0 Å². The first-order chi connectivity index (χ1) is 8.12. The Labute approximate surface area is 103 Å². The molecule has 92 valence electrons. The summed E-state index contributed by atoms with van der Waals surface area (Å²) in [6.07, 6.45) is 0. The molecule has 2 rings (SSSR count). The Bertz CT molecular complexity index is 571. The van der Waals surface area contributed by atoms with Crippen molar-refractivity contribution < 1.29 is 17.9 Å². The molecule has 0 fully saturated rings.